The molecule has 2 rings (SSSR count). The molecule has 4 heteroatoms. The number of hydrogen-bond donors (Lipinski definition) is 2. The Bertz CT molecular complexity index is 555. The number of carbonyl (C=O) groups is 1. The molecule has 0 spiro atoms. The van der Waals surface area contributed by atoms with E-state index < -0.39 is 0 Å². The topological polar surface area (TPSA) is 54.0 Å². The van der Waals surface area contributed by atoms with Gasteiger partial charge in [0.1, 0.15) is 0 Å². The molecule has 0 fully saturated rings. The highest BCUT2D eigenvalue weighted by molar-refractivity contribution is 6.04. The van der Waals surface area contributed by atoms with E-state index in [1.807, 2.05) is 24.3 Å². The molecule has 0 unspecified atom stereocenters. The van der Waals surface area contributed by atoms with Crippen molar-refractivity contribution < 1.29 is 4.79 Å². The minimum Gasteiger partial charge on any atom is -0.322 e. The quantitative estimate of drug-likeness (QED) is 0.793. The number of nitrogens with zero attached hydrogens (tertiary/aromatic N) is 1. The molecule has 0 aliphatic heterocycles. The fraction of sp³-hybridized carbons (Fsp3) is 0.250. The van der Waals surface area contributed by atoms with Crippen LogP contribution in [0.2, 0.25) is 0 Å². The average molecular weight is 269 g/mol. The summed E-state index contributed by atoms with van der Waals surface area (Å²) in [5, 5.41) is 6.22. The Balaban J connectivity index is 1.99. The van der Waals surface area contributed by atoms with E-state index in [1.165, 1.54) is 0 Å². The van der Waals surface area contributed by atoms with Crippen molar-refractivity contribution >= 4 is 11.6 Å². The number of carbonyl (C=O) groups excluding carboxylic acids is 1. The first-order chi connectivity index (χ1) is 9.79. The van der Waals surface area contributed by atoms with Crippen LogP contribution in [0.4, 0.5) is 5.69 Å². The fourth-order valence-corrected chi connectivity index (χ4v) is 1.87. The third kappa shape index (κ3) is 4.17. The summed E-state index contributed by atoms with van der Waals surface area (Å²) >= 11 is 0. The van der Waals surface area contributed by atoms with Gasteiger partial charge < -0.3 is 10.6 Å². The van der Waals surface area contributed by atoms with E-state index in [2.05, 4.69) is 22.5 Å². The summed E-state index contributed by atoms with van der Waals surface area (Å²) in [6.07, 6.45) is 4.32. The molecule has 1 aromatic carbocycles. The van der Waals surface area contributed by atoms with Crippen LogP contribution in [-0.2, 0) is 6.54 Å². The number of pyridine rings is 1. The lowest BCUT2D eigenvalue weighted by Gasteiger charge is -2.08. The second-order valence-corrected chi connectivity index (χ2v) is 4.57. The zero-order chi connectivity index (χ0) is 14.2. The summed E-state index contributed by atoms with van der Waals surface area (Å²) in [4.78, 5) is 16.0. The first-order valence-electron chi connectivity index (χ1n) is 6.80. The van der Waals surface area contributed by atoms with Gasteiger partial charge in [-0.3, -0.25) is 9.78 Å². The van der Waals surface area contributed by atoms with Crippen LogP contribution >= 0.6 is 0 Å². The highest BCUT2D eigenvalue weighted by Gasteiger charge is 2.05. The SMILES string of the molecule is CCCNCc1cccc(NC(=O)c2cccnc2)c1. The molecule has 0 aliphatic rings. The molecule has 0 bridgehead atoms. The summed E-state index contributed by atoms with van der Waals surface area (Å²) in [5.74, 6) is -0.142. The smallest absolute Gasteiger partial charge is 0.257 e. The van der Waals surface area contributed by atoms with E-state index in [4.69, 9.17) is 0 Å². The number of rotatable bonds is 6. The Hall–Kier alpha value is -2.20. The molecule has 20 heavy (non-hydrogen) atoms. The van der Waals surface area contributed by atoms with Gasteiger partial charge in [-0.05, 0) is 42.8 Å². The summed E-state index contributed by atoms with van der Waals surface area (Å²) in [7, 11) is 0. The van der Waals surface area contributed by atoms with Crippen LogP contribution < -0.4 is 10.6 Å². The number of hydrogen-bond acceptors (Lipinski definition) is 3. The third-order valence-electron chi connectivity index (χ3n) is 2.86. The average Bonchev–Trinajstić information content (AvgIpc) is 2.49. The predicted molar refractivity (Wildman–Crippen MR) is 80.6 cm³/mol. The normalized spacial score (nSPS) is 10.2. The van der Waals surface area contributed by atoms with Crippen LogP contribution in [-0.4, -0.2) is 17.4 Å². The fourth-order valence-electron chi connectivity index (χ4n) is 1.87. The molecule has 1 aromatic heterocycles. The van der Waals surface area contributed by atoms with Crippen LogP contribution in [0.5, 0.6) is 0 Å². The third-order valence-corrected chi connectivity index (χ3v) is 2.86. The first-order valence-corrected chi connectivity index (χ1v) is 6.80. The van der Waals surface area contributed by atoms with Gasteiger partial charge in [-0.25, -0.2) is 0 Å². The molecule has 4 nitrogen and oxygen atoms in total. The van der Waals surface area contributed by atoms with Gasteiger partial charge in [0.05, 0.1) is 5.56 Å². The van der Waals surface area contributed by atoms with Crippen molar-refractivity contribution in [2.24, 2.45) is 0 Å². The highest BCUT2D eigenvalue weighted by atomic mass is 16.1. The number of aromatic nitrogens is 1. The van der Waals surface area contributed by atoms with Gasteiger partial charge in [0.15, 0.2) is 0 Å². The molecule has 104 valence electrons. The molecular weight excluding hydrogens is 250 g/mol. The molecule has 2 aromatic rings. The minimum atomic E-state index is -0.142. The van der Waals surface area contributed by atoms with Crippen LogP contribution in [0, 0.1) is 0 Å². The van der Waals surface area contributed by atoms with Gasteiger partial charge in [0.2, 0.25) is 0 Å². The predicted octanol–water partition coefficient (Wildman–Crippen LogP) is 2.83. The van der Waals surface area contributed by atoms with Crippen LogP contribution in [0.15, 0.2) is 48.8 Å². The second-order valence-electron chi connectivity index (χ2n) is 4.57. The van der Waals surface area contributed by atoms with E-state index in [9.17, 15) is 4.79 Å². The van der Waals surface area contributed by atoms with Crippen molar-refractivity contribution in [1.29, 1.82) is 0 Å². The number of anilines is 1. The number of amides is 1. The zero-order valence-corrected chi connectivity index (χ0v) is 11.6. The van der Waals surface area contributed by atoms with E-state index in [0.717, 1.165) is 30.8 Å². The monoisotopic (exact) mass is 269 g/mol. The summed E-state index contributed by atoms with van der Waals surface area (Å²) in [5.41, 5.74) is 2.51. The molecule has 0 saturated heterocycles. The van der Waals surface area contributed by atoms with E-state index in [-0.39, 0.29) is 5.91 Å². The number of nitrogens with one attached hydrogen (secondary N) is 2. The summed E-state index contributed by atoms with van der Waals surface area (Å²) < 4.78 is 0. The maximum atomic E-state index is 12.0. The van der Waals surface area contributed by atoms with Gasteiger partial charge in [-0.1, -0.05) is 19.1 Å². The van der Waals surface area contributed by atoms with Crippen LogP contribution in [0.3, 0.4) is 0 Å². The largest absolute Gasteiger partial charge is 0.322 e. The lowest BCUT2D eigenvalue weighted by molar-refractivity contribution is 0.102. The second kappa shape index (κ2) is 7.40. The molecule has 1 heterocycles. The standard InChI is InChI=1S/C16H19N3O/c1-2-8-17-11-13-5-3-7-15(10-13)19-16(20)14-6-4-9-18-12-14/h3-7,9-10,12,17H,2,8,11H2,1H3,(H,19,20). The molecule has 0 atom stereocenters. The van der Waals surface area contributed by atoms with Crippen LogP contribution in [0.1, 0.15) is 29.3 Å². The molecule has 0 aliphatic carbocycles. The van der Waals surface area contributed by atoms with Crippen molar-refractivity contribution in [2.45, 2.75) is 19.9 Å². The molecule has 2 N–H and O–H groups in total. The minimum absolute atomic E-state index is 0.142. The molecule has 0 radical (unpaired) electrons. The van der Waals surface area contributed by atoms with Crippen molar-refractivity contribution in [2.75, 3.05) is 11.9 Å². The van der Waals surface area contributed by atoms with Crippen molar-refractivity contribution in [1.82, 2.24) is 10.3 Å². The van der Waals surface area contributed by atoms with E-state index in [1.54, 1.807) is 24.5 Å². The van der Waals surface area contributed by atoms with Gasteiger partial charge in [0.25, 0.3) is 5.91 Å². The van der Waals surface area contributed by atoms with Gasteiger partial charge >= 0.3 is 0 Å². The van der Waals surface area contributed by atoms with E-state index in [0.29, 0.717) is 5.56 Å². The summed E-state index contributed by atoms with van der Waals surface area (Å²) in [6.45, 7) is 3.94. The van der Waals surface area contributed by atoms with Crippen LogP contribution in [0.25, 0.3) is 0 Å². The van der Waals surface area contributed by atoms with Crippen molar-refractivity contribution in [3.63, 3.8) is 0 Å². The maximum absolute atomic E-state index is 12.0. The maximum Gasteiger partial charge on any atom is 0.257 e. The Morgan fingerprint density at radius 3 is 2.90 bits per heavy atom. The van der Waals surface area contributed by atoms with Gasteiger partial charge in [-0.2, -0.15) is 0 Å². The molecule has 0 saturated carbocycles. The lowest BCUT2D eigenvalue weighted by Crippen LogP contribution is -2.15. The molecular formula is C16H19N3O. The lowest BCUT2D eigenvalue weighted by atomic mass is 10.2. The van der Waals surface area contributed by atoms with Gasteiger partial charge in [0, 0.05) is 24.6 Å². The van der Waals surface area contributed by atoms with Crippen molar-refractivity contribution in [3.8, 4) is 0 Å². The first kappa shape index (κ1) is 14.2. The Labute approximate surface area is 119 Å². The Morgan fingerprint density at radius 1 is 1.25 bits per heavy atom. The zero-order valence-electron chi connectivity index (χ0n) is 11.6. The van der Waals surface area contributed by atoms with Gasteiger partial charge in [-0.15, -0.1) is 0 Å². The Morgan fingerprint density at radius 2 is 2.15 bits per heavy atom. The number of benzene rings is 1. The van der Waals surface area contributed by atoms with Crippen molar-refractivity contribution in [3.05, 3.63) is 59.9 Å². The highest BCUT2D eigenvalue weighted by Crippen LogP contribution is 2.12. The van der Waals surface area contributed by atoms with E-state index >= 15 is 0 Å². The summed E-state index contributed by atoms with van der Waals surface area (Å²) in [6, 6.07) is 11.4. The Kier molecular flexibility index (Phi) is 5.26. The molecule has 1 amide bonds.